The predicted octanol–water partition coefficient (Wildman–Crippen LogP) is 2.01. The first kappa shape index (κ1) is 17.2. The predicted molar refractivity (Wildman–Crippen MR) is 73.9 cm³/mol. The number of hydrogen-bond donors (Lipinski definition) is 1. The average molecular weight is 344 g/mol. The summed E-state index contributed by atoms with van der Waals surface area (Å²) in [7, 11) is 0. The molecule has 0 fully saturated rings. The molecule has 11 heteroatoms. The number of amides is 1. The Morgan fingerprint density at radius 2 is 2.08 bits per heavy atom. The van der Waals surface area contributed by atoms with Crippen LogP contribution < -0.4 is 10.1 Å². The molecule has 2 aromatic rings. The summed E-state index contributed by atoms with van der Waals surface area (Å²) in [5.74, 6) is -1.38. The molecule has 1 heterocycles. The summed E-state index contributed by atoms with van der Waals surface area (Å²) in [4.78, 5) is 25.0. The van der Waals surface area contributed by atoms with Gasteiger partial charge in [0.25, 0.3) is 0 Å². The van der Waals surface area contributed by atoms with Gasteiger partial charge in [-0.2, -0.15) is 0 Å². The van der Waals surface area contributed by atoms with Crippen LogP contribution in [0.2, 0.25) is 0 Å². The van der Waals surface area contributed by atoms with Crippen LogP contribution in [0, 0.1) is 10.1 Å². The molecule has 0 radical (unpaired) electrons. The Kier molecular flexibility index (Phi) is 5.02. The van der Waals surface area contributed by atoms with Crippen LogP contribution in [0.1, 0.15) is 5.56 Å². The molecule has 1 aromatic carbocycles. The van der Waals surface area contributed by atoms with Gasteiger partial charge in [-0.15, -0.1) is 13.2 Å². The minimum absolute atomic E-state index is 0.139. The van der Waals surface area contributed by atoms with Crippen LogP contribution in [0.25, 0.3) is 0 Å². The van der Waals surface area contributed by atoms with Gasteiger partial charge in [0.05, 0.1) is 0 Å². The molecule has 0 spiro atoms. The zero-order chi connectivity index (χ0) is 17.7. The van der Waals surface area contributed by atoms with Crippen molar-refractivity contribution in [2.45, 2.75) is 19.5 Å². The average Bonchev–Trinajstić information content (AvgIpc) is 2.93. The Morgan fingerprint density at radius 3 is 2.71 bits per heavy atom. The fraction of sp³-hybridized carbons (Fsp3) is 0.231. The van der Waals surface area contributed by atoms with Gasteiger partial charge in [-0.1, -0.05) is 18.2 Å². The van der Waals surface area contributed by atoms with Gasteiger partial charge in [0.15, 0.2) is 0 Å². The van der Waals surface area contributed by atoms with Gasteiger partial charge >= 0.3 is 12.2 Å². The molecule has 0 saturated heterocycles. The van der Waals surface area contributed by atoms with Crippen molar-refractivity contribution in [3.8, 4) is 5.75 Å². The van der Waals surface area contributed by atoms with E-state index in [4.69, 9.17) is 0 Å². The van der Waals surface area contributed by atoms with Gasteiger partial charge in [-0.25, -0.2) is 0 Å². The van der Waals surface area contributed by atoms with Crippen molar-refractivity contribution in [3.05, 3.63) is 52.5 Å². The van der Waals surface area contributed by atoms with Crippen molar-refractivity contribution >= 4 is 11.7 Å². The van der Waals surface area contributed by atoms with E-state index in [1.807, 2.05) is 0 Å². The second-order valence-electron chi connectivity index (χ2n) is 4.59. The molecule has 0 bridgehead atoms. The molecule has 0 aliphatic carbocycles. The SMILES string of the molecule is O=C(Cn1cnc([N+](=O)[O-])c1)NCc1ccccc1OC(F)(F)F. The lowest BCUT2D eigenvalue weighted by Crippen LogP contribution is -2.27. The number of alkyl halides is 3. The first-order valence-electron chi connectivity index (χ1n) is 6.51. The lowest BCUT2D eigenvalue weighted by Gasteiger charge is -2.13. The van der Waals surface area contributed by atoms with Gasteiger partial charge in [-0.05, 0) is 16.0 Å². The Bertz CT molecular complexity index is 745. The van der Waals surface area contributed by atoms with E-state index in [0.29, 0.717) is 0 Å². The number of carbonyl (C=O) groups is 1. The maximum Gasteiger partial charge on any atom is 0.573 e. The first-order chi connectivity index (χ1) is 11.2. The standard InChI is InChI=1S/C13H11F3N4O4/c14-13(15,16)24-10-4-2-1-3-9(10)5-17-12(21)7-19-6-11(18-8-19)20(22)23/h1-4,6,8H,5,7H2,(H,17,21). The second-order valence-corrected chi connectivity index (χ2v) is 4.59. The van der Waals surface area contributed by atoms with Crippen molar-refractivity contribution < 1.29 is 27.6 Å². The number of benzene rings is 1. The molecule has 1 amide bonds. The normalized spacial score (nSPS) is 11.1. The number of nitro groups is 1. The highest BCUT2D eigenvalue weighted by molar-refractivity contribution is 5.75. The fourth-order valence-corrected chi connectivity index (χ4v) is 1.82. The van der Waals surface area contributed by atoms with Gasteiger partial charge in [0.1, 0.15) is 18.5 Å². The molecule has 1 N–H and O–H groups in total. The van der Waals surface area contributed by atoms with Crippen LogP contribution in [0.5, 0.6) is 5.75 Å². The molecule has 0 aliphatic heterocycles. The maximum absolute atomic E-state index is 12.3. The monoisotopic (exact) mass is 344 g/mol. The quantitative estimate of drug-likeness (QED) is 0.638. The summed E-state index contributed by atoms with van der Waals surface area (Å²) in [5.41, 5.74) is 0.139. The fourth-order valence-electron chi connectivity index (χ4n) is 1.82. The minimum Gasteiger partial charge on any atom is -0.405 e. The second kappa shape index (κ2) is 6.98. The zero-order valence-corrected chi connectivity index (χ0v) is 12.0. The summed E-state index contributed by atoms with van der Waals surface area (Å²) >= 11 is 0. The summed E-state index contributed by atoms with van der Waals surface area (Å²) in [5, 5.41) is 12.9. The molecular weight excluding hydrogens is 333 g/mol. The third-order valence-electron chi connectivity index (χ3n) is 2.81. The van der Waals surface area contributed by atoms with E-state index in [2.05, 4.69) is 15.0 Å². The molecule has 0 atom stereocenters. The zero-order valence-electron chi connectivity index (χ0n) is 12.0. The number of rotatable bonds is 6. The Labute approximate surface area is 133 Å². The van der Waals surface area contributed by atoms with Crippen molar-refractivity contribution in [3.63, 3.8) is 0 Å². The number of ether oxygens (including phenoxy) is 1. The van der Waals surface area contributed by atoms with Gasteiger partial charge in [-0.3, -0.25) is 4.79 Å². The van der Waals surface area contributed by atoms with E-state index in [-0.39, 0.29) is 18.7 Å². The largest absolute Gasteiger partial charge is 0.573 e. The summed E-state index contributed by atoms with van der Waals surface area (Å²) in [6.07, 6.45) is -2.66. The number of carbonyl (C=O) groups excluding carboxylic acids is 1. The van der Waals surface area contributed by atoms with Crippen LogP contribution in [0.4, 0.5) is 19.0 Å². The summed E-state index contributed by atoms with van der Waals surface area (Å²) in [6.45, 7) is -0.453. The molecule has 2 rings (SSSR count). The third-order valence-corrected chi connectivity index (χ3v) is 2.81. The van der Waals surface area contributed by atoms with E-state index >= 15 is 0 Å². The van der Waals surface area contributed by atoms with Crippen molar-refractivity contribution in [2.24, 2.45) is 0 Å². The third kappa shape index (κ3) is 4.97. The van der Waals surface area contributed by atoms with Gasteiger partial charge in [0.2, 0.25) is 12.2 Å². The van der Waals surface area contributed by atoms with Crippen molar-refractivity contribution in [2.75, 3.05) is 0 Å². The molecule has 128 valence electrons. The first-order valence-corrected chi connectivity index (χ1v) is 6.51. The number of halogens is 3. The van der Waals surface area contributed by atoms with Crippen LogP contribution in [-0.2, 0) is 17.9 Å². The lowest BCUT2D eigenvalue weighted by molar-refractivity contribution is -0.389. The summed E-state index contributed by atoms with van der Waals surface area (Å²) in [6, 6.07) is 5.39. The lowest BCUT2D eigenvalue weighted by atomic mass is 10.2. The van der Waals surface area contributed by atoms with Crippen molar-refractivity contribution in [1.29, 1.82) is 0 Å². The minimum atomic E-state index is -4.84. The molecule has 0 unspecified atom stereocenters. The van der Waals surface area contributed by atoms with E-state index in [1.165, 1.54) is 22.8 Å². The highest BCUT2D eigenvalue weighted by Gasteiger charge is 2.31. The number of para-hydroxylation sites is 1. The number of nitrogens with zero attached hydrogens (tertiary/aromatic N) is 3. The number of imidazole rings is 1. The highest BCUT2D eigenvalue weighted by Crippen LogP contribution is 2.26. The Balaban J connectivity index is 1.95. The van der Waals surface area contributed by atoms with Crippen LogP contribution in [0.3, 0.4) is 0 Å². The molecular formula is C13H11F3N4O4. The maximum atomic E-state index is 12.3. The van der Waals surface area contributed by atoms with E-state index < -0.39 is 28.8 Å². The van der Waals surface area contributed by atoms with E-state index in [9.17, 15) is 28.1 Å². The number of nitrogens with one attached hydrogen (secondary N) is 1. The highest BCUT2D eigenvalue weighted by atomic mass is 19.4. The number of aromatic nitrogens is 2. The van der Waals surface area contributed by atoms with E-state index in [0.717, 1.165) is 18.6 Å². The molecule has 1 aromatic heterocycles. The molecule has 24 heavy (non-hydrogen) atoms. The van der Waals surface area contributed by atoms with Crippen LogP contribution >= 0.6 is 0 Å². The number of hydrogen-bond acceptors (Lipinski definition) is 5. The van der Waals surface area contributed by atoms with Crippen LogP contribution in [-0.4, -0.2) is 26.7 Å². The molecule has 0 aliphatic rings. The van der Waals surface area contributed by atoms with E-state index in [1.54, 1.807) is 0 Å². The van der Waals surface area contributed by atoms with Gasteiger partial charge in [0, 0.05) is 12.1 Å². The topological polar surface area (TPSA) is 99.3 Å². The van der Waals surface area contributed by atoms with Crippen LogP contribution in [0.15, 0.2) is 36.8 Å². The molecule has 0 saturated carbocycles. The van der Waals surface area contributed by atoms with Gasteiger partial charge < -0.3 is 24.7 Å². The van der Waals surface area contributed by atoms with Crippen molar-refractivity contribution in [1.82, 2.24) is 14.9 Å². The Hall–Kier alpha value is -3.11. The summed E-state index contributed by atoms with van der Waals surface area (Å²) < 4.78 is 42.0. The molecule has 8 nitrogen and oxygen atoms in total. The smallest absolute Gasteiger partial charge is 0.405 e. The Morgan fingerprint density at radius 1 is 1.38 bits per heavy atom.